The Kier molecular flexibility index (Phi) is 5.54. The van der Waals surface area contributed by atoms with E-state index >= 15 is 0 Å². The molecule has 0 bridgehead atoms. The fourth-order valence-corrected chi connectivity index (χ4v) is 2.58. The molecule has 2 N–H and O–H groups in total. The van der Waals surface area contributed by atoms with Crippen molar-refractivity contribution in [3.63, 3.8) is 0 Å². The molecule has 0 saturated heterocycles. The van der Waals surface area contributed by atoms with Gasteiger partial charge in [-0.3, -0.25) is 9.59 Å². The number of carbonyl (C=O) groups excluding carboxylic acids is 3. The highest BCUT2D eigenvalue weighted by atomic mass is 19.1. The molecule has 1 aromatic carbocycles. The van der Waals surface area contributed by atoms with Crippen LogP contribution in [0.2, 0.25) is 0 Å². The van der Waals surface area contributed by atoms with Crippen molar-refractivity contribution in [3.05, 3.63) is 52.3 Å². The summed E-state index contributed by atoms with van der Waals surface area (Å²) in [4.78, 5) is 38.7. The zero-order valence-corrected chi connectivity index (χ0v) is 14.7. The molecule has 0 saturated carbocycles. The molecule has 0 aliphatic rings. The van der Waals surface area contributed by atoms with E-state index in [0.717, 1.165) is 18.2 Å². The summed E-state index contributed by atoms with van der Waals surface area (Å²) < 4.78 is 31.8. The van der Waals surface area contributed by atoms with Gasteiger partial charge in [-0.1, -0.05) is 0 Å². The Morgan fingerprint density at radius 2 is 1.85 bits per heavy atom. The number of H-pyrrole nitrogens is 1. The Bertz CT molecular complexity index is 890. The van der Waals surface area contributed by atoms with Crippen LogP contribution in [0.25, 0.3) is 0 Å². The van der Waals surface area contributed by atoms with Crippen LogP contribution in [0.15, 0.2) is 18.2 Å². The zero-order chi connectivity index (χ0) is 19.6. The molecule has 1 aromatic heterocycles. The van der Waals surface area contributed by atoms with E-state index in [9.17, 15) is 23.2 Å². The summed E-state index contributed by atoms with van der Waals surface area (Å²) in [5, 5.41) is 2.16. The number of Topliss-reactive ketones (excluding diaryl/α,β-unsaturated/α-hetero) is 1. The van der Waals surface area contributed by atoms with E-state index in [1.54, 1.807) is 13.8 Å². The largest absolute Gasteiger partial charge is 0.448 e. The number of anilines is 1. The van der Waals surface area contributed by atoms with Crippen molar-refractivity contribution in [3.8, 4) is 0 Å². The molecule has 0 radical (unpaired) electrons. The second-order valence-electron chi connectivity index (χ2n) is 5.84. The first-order valence-corrected chi connectivity index (χ1v) is 7.78. The third-order valence-electron chi connectivity index (χ3n) is 3.83. The van der Waals surface area contributed by atoms with Crippen molar-refractivity contribution in [2.24, 2.45) is 0 Å². The Morgan fingerprint density at radius 1 is 1.19 bits per heavy atom. The molecule has 0 fully saturated rings. The van der Waals surface area contributed by atoms with Crippen molar-refractivity contribution in [1.82, 2.24) is 4.98 Å². The van der Waals surface area contributed by atoms with E-state index in [-0.39, 0.29) is 17.2 Å². The number of aromatic amines is 1. The van der Waals surface area contributed by atoms with Gasteiger partial charge in [0.15, 0.2) is 11.9 Å². The smallest absolute Gasteiger partial charge is 0.355 e. The Hall–Kier alpha value is -3.03. The number of halogens is 2. The van der Waals surface area contributed by atoms with Gasteiger partial charge in [-0.05, 0) is 45.4 Å². The highest BCUT2D eigenvalue weighted by molar-refractivity contribution is 6.02. The molecule has 6 nitrogen and oxygen atoms in total. The third kappa shape index (κ3) is 3.96. The molecule has 0 aliphatic carbocycles. The van der Waals surface area contributed by atoms with E-state index in [4.69, 9.17) is 4.74 Å². The number of esters is 1. The van der Waals surface area contributed by atoms with Gasteiger partial charge < -0.3 is 15.0 Å². The maximum Gasteiger partial charge on any atom is 0.355 e. The Morgan fingerprint density at radius 3 is 2.42 bits per heavy atom. The molecule has 8 heteroatoms. The molecule has 2 aromatic rings. The predicted octanol–water partition coefficient (Wildman–Crippen LogP) is 3.30. The highest BCUT2D eigenvalue weighted by Crippen LogP contribution is 2.20. The lowest BCUT2D eigenvalue weighted by Gasteiger charge is -2.14. The topological polar surface area (TPSA) is 88.3 Å². The van der Waals surface area contributed by atoms with Crippen LogP contribution >= 0.6 is 0 Å². The SMILES string of the molecule is CC(=O)c1c(C)[nH]c(C(=O)O[C@@H](C)C(=O)Nc2cc(F)ccc2F)c1C. The molecular weight excluding hydrogens is 346 g/mol. The number of aromatic nitrogens is 1. The summed E-state index contributed by atoms with van der Waals surface area (Å²) in [6, 6.07) is 2.60. The molecule has 1 heterocycles. The number of hydrogen-bond acceptors (Lipinski definition) is 4. The summed E-state index contributed by atoms with van der Waals surface area (Å²) in [5.74, 6) is -3.40. The van der Waals surface area contributed by atoms with E-state index in [0.29, 0.717) is 16.8 Å². The van der Waals surface area contributed by atoms with Gasteiger partial charge in [0.2, 0.25) is 0 Å². The number of amides is 1. The van der Waals surface area contributed by atoms with Crippen LogP contribution in [-0.2, 0) is 9.53 Å². The summed E-state index contributed by atoms with van der Waals surface area (Å²) in [7, 11) is 0. The van der Waals surface area contributed by atoms with Crippen molar-refractivity contribution in [1.29, 1.82) is 0 Å². The molecule has 26 heavy (non-hydrogen) atoms. The number of nitrogens with one attached hydrogen (secondary N) is 2. The lowest BCUT2D eigenvalue weighted by Crippen LogP contribution is -2.30. The van der Waals surface area contributed by atoms with E-state index < -0.39 is 29.6 Å². The summed E-state index contributed by atoms with van der Waals surface area (Å²) in [5.41, 5.74) is 1.02. The number of hydrogen-bond donors (Lipinski definition) is 2. The molecule has 138 valence electrons. The minimum atomic E-state index is -1.27. The van der Waals surface area contributed by atoms with E-state index in [1.807, 2.05) is 0 Å². The van der Waals surface area contributed by atoms with Gasteiger partial charge in [0.1, 0.15) is 17.3 Å². The van der Waals surface area contributed by atoms with Crippen LogP contribution in [-0.4, -0.2) is 28.7 Å². The van der Waals surface area contributed by atoms with Gasteiger partial charge in [-0.15, -0.1) is 0 Å². The van der Waals surface area contributed by atoms with Crippen molar-refractivity contribution in [2.45, 2.75) is 33.8 Å². The Labute approximate surface area is 148 Å². The van der Waals surface area contributed by atoms with Crippen LogP contribution in [0, 0.1) is 25.5 Å². The average Bonchev–Trinajstić information content (AvgIpc) is 2.85. The van der Waals surface area contributed by atoms with Crippen molar-refractivity contribution < 1.29 is 27.9 Å². The van der Waals surface area contributed by atoms with Gasteiger partial charge in [-0.2, -0.15) is 0 Å². The number of rotatable bonds is 5. The maximum atomic E-state index is 13.6. The molecule has 0 spiro atoms. The van der Waals surface area contributed by atoms with Crippen LogP contribution in [0.5, 0.6) is 0 Å². The summed E-state index contributed by atoms with van der Waals surface area (Å²) in [6.45, 7) is 5.90. The molecule has 1 atom stereocenters. The van der Waals surface area contributed by atoms with Crippen molar-refractivity contribution in [2.75, 3.05) is 5.32 Å². The first kappa shape index (κ1) is 19.3. The van der Waals surface area contributed by atoms with Gasteiger partial charge in [0.05, 0.1) is 5.69 Å². The monoisotopic (exact) mass is 364 g/mol. The highest BCUT2D eigenvalue weighted by Gasteiger charge is 2.25. The average molecular weight is 364 g/mol. The second kappa shape index (κ2) is 7.47. The molecule has 2 rings (SSSR count). The molecule has 1 amide bonds. The Balaban J connectivity index is 2.12. The molecule has 0 unspecified atom stereocenters. The fourth-order valence-electron chi connectivity index (χ4n) is 2.58. The van der Waals surface area contributed by atoms with E-state index in [1.165, 1.54) is 13.8 Å². The number of carbonyl (C=O) groups is 3. The van der Waals surface area contributed by atoms with Crippen LogP contribution in [0.3, 0.4) is 0 Å². The van der Waals surface area contributed by atoms with Crippen LogP contribution in [0.4, 0.5) is 14.5 Å². The van der Waals surface area contributed by atoms with Crippen LogP contribution < -0.4 is 5.32 Å². The van der Waals surface area contributed by atoms with Crippen molar-refractivity contribution >= 4 is 23.3 Å². The van der Waals surface area contributed by atoms with Gasteiger partial charge in [0, 0.05) is 17.3 Å². The molecular formula is C18H18F2N2O4. The zero-order valence-electron chi connectivity index (χ0n) is 14.7. The maximum absolute atomic E-state index is 13.6. The first-order valence-electron chi connectivity index (χ1n) is 7.78. The minimum Gasteiger partial charge on any atom is -0.448 e. The standard InChI is InChI=1S/C18H18F2N2O4/c1-8-15(10(3)23)9(2)21-16(8)18(25)26-11(4)17(24)22-14-7-12(19)5-6-13(14)20/h5-7,11,21H,1-4H3,(H,22,24)/t11-/m0/s1. The van der Waals surface area contributed by atoms with Gasteiger partial charge >= 0.3 is 5.97 Å². The second-order valence-corrected chi connectivity index (χ2v) is 5.84. The van der Waals surface area contributed by atoms with E-state index in [2.05, 4.69) is 10.3 Å². The molecule has 0 aliphatic heterocycles. The fraction of sp³-hybridized carbons (Fsp3) is 0.278. The van der Waals surface area contributed by atoms with Gasteiger partial charge in [-0.25, -0.2) is 13.6 Å². The van der Waals surface area contributed by atoms with Gasteiger partial charge in [0.25, 0.3) is 5.91 Å². The number of ketones is 1. The number of ether oxygens (including phenoxy) is 1. The van der Waals surface area contributed by atoms with Crippen LogP contribution in [0.1, 0.15) is 46.0 Å². The summed E-state index contributed by atoms with van der Waals surface area (Å²) in [6.07, 6.45) is -1.27. The first-order chi connectivity index (χ1) is 12.1. The lowest BCUT2D eigenvalue weighted by atomic mass is 10.1. The summed E-state index contributed by atoms with van der Waals surface area (Å²) >= 11 is 0. The normalized spacial score (nSPS) is 11.8. The number of aryl methyl sites for hydroxylation is 1. The third-order valence-corrected chi connectivity index (χ3v) is 3.83. The quantitative estimate of drug-likeness (QED) is 0.629. The number of benzene rings is 1. The predicted molar refractivity (Wildman–Crippen MR) is 90.1 cm³/mol. The lowest BCUT2D eigenvalue weighted by molar-refractivity contribution is -0.123. The minimum absolute atomic E-state index is 0.0595.